The van der Waals surface area contributed by atoms with Gasteiger partial charge in [0, 0.05) is 24.0 Å². The monoisotopic (exact) mass is 258 g/mol. The molecule has 1 rings (SSSR count). The van der Waals surface area contributed by atoms with E-state index in [0.29, 0.717) is 29.9 Å². The summed E-state index contributed by atoms with van der Waals surface area (Å²) in [4.78, 5) is 8.63. The fraction of sp³-hybridized carbons (Fsp3) is 0.667. The number of aliphatic hydroxyl groups excluding tert-OH is 1. The van der Waals surface area contributed by atoms with Crippen molar-refractivity contribution in [2.24, 2.45) is 0 Å². The maximum atomic E-state index is 8.71. The van der Waals surface area contributed by atoms with Gasteiger partial charge in [0.05, 0.1) is 6.61 Å². The Kier molecular flexibility index (Phi) is 4.71. The van der Waals surface area contributed by atoms with Crippen LogP contribution in [0, 0.1) is 6.92 Å². The number of nitrogens with zero attached hydrogens (tertiary/aromatic N) is 2. The van der Waals surface area contributed by atoms with E-state index in [-0.39, 0.29) is 12.0 Å². The molecule has 1 N–H and O–H groups in total. The Hall–Kier alpha value is -0.870. The summed E-state index contributed by atoms with van der Waals surface area (Å²) in [5, 5.41) is 9.13. The molecular formula is C12H19ClN2O2. The lowest BCUT2D eigenvalue weighted by Gasteiger charge is -2.18. The van der Waals surface area contributed by atoms with Crippen LogP contribution in [0.4, 0.5) is 0 Å². The van der Waals surface area contributed by atoms with Crippen molar-refractivity contribution in [2.45, 2.75) is 39.5 Å². The number of aromatic nitrogens is 2. The summed E-state index contributed by atoms with van der Waals surface area (Å²) in [6.07, 6.45) is 0.575. The highest BCUT2D eigenvalue weighted by Gasteiger charge is 2.21. The van der Waals surface area contributed by atoms with Gasteiger partial charge in [0.1, 0.15) is 11.0 Å². The first-order chi connectivity index (χ1) is 7.86. The maximum absolute atomic E-state index is 8.71. The summed E-state index contributed by atoms with van der Waals surface area (Å²) in [6.45, 7) is 8.41. The zero-order valence-corrected chi connectivity index (χ0v) is 11.5. The van der Waals surface area contributed by atoms with Crippen LogP contribution in [0.5, 0.6) is 5.88 Å². The first kappa shape index (κ1) is 14.2. The standard InChI is InChI=1S/C12H19ClN2O2/c1-8-9(13)14-11(12(2,3)4)15-10(8)17-7-5-6-16/h16H,5-7H2,1-4H3. The highest BCUT2D eigenvalue weighted by atomic mass is 35.5. The van der Waals surface area contributed by atoms with Gasteiger partial charge in [-0.25, -0.2) is 4.98 Å². The molecule has 0 aliphatic heterocycles. The molecule has 0 fully saturated rings. The maximum Gasteiger partial charge on any atom is 0.221 e. The van der Waals surface area contributed by atoms with Crippen molar-refractivity contribution in [1.82, 2.24) is 9.97 Å². The summed E-state index contributed by atoms with van der Waals surface area (Å²) in [7, 11) is 0. The molecule has 0 aromatic carbocycles. The molecular weight excluding hydrogens is 240 g/mol. The van der Waals surface area contributed by atoms with Crippen molar-refractivity contribution in [2.75, 3.05) is 13.2 Å². The van der Waals surface area contributed by atoms with Gasteiger partial charge in [0.2, 0.25) is 5.88 Å². The summed E-state index contributed by atoms with van der Waals surface area (Å²) >= 11 is 6.06. The van der Waals surface area contributed by atoms with Crippen LogP contribution < -0.4 is 4.74 Å². The molecule has 0 bridgehead atoms. The molecule has 0 atom stereocenters. The molecule has 0 amide bonds. The third kappa shape index (κ3) is 3.82. The van der Waals surface area contributed by atoms with Crippen LogP contribution in [0.3, 0.4) is 0 Å². The first-order valence-corrected chi connectivity index (χ1v) is 6.02. The van der Waals surface area contributed by atoms with Gasteiger partial charge in [-0.2, -0.15) is 4.98 Å². The fourth-order valence-corrected chi connectivity index (χ4v) is 1.34. The van der Waals surface area contributed by atoms with Crippen LogP contribution in [0.25, 0.3) is 0 Å². The molecule has 0 aliphatic rings. The third-order valence-electron chi connectivity index (χ3n) is 2.25. The molecule has 5 heteroatoms. The minimum atomic E-state index is -0.174. The van der Waals surface area contributed by atoms with E-state index in [1.165, 1.54) is 0 Å². The first-order valence-electron chi connectivity index (χ1n) is 5.64. The Morgan fingerprint density at radius 2 is 1.94 bits per heavy atom. The van der Waals surface area contributed by atoms with Gasteiger partial charge in [-0.3, -0.25) is 0 Å². The van der Waals surface area contributed by atoms with Crippen molar-refractivity contribution >= 4 is 11.6 Å². The Morgan fingerprint density at radius 1 is 1.29 bits per heavy atom. The highest BCUT2D eigenvalue weighted by Crippen LogP contribution is 2.27. The molecule has 1 heterocycles. The second-order valence-electron chi connectivity index (χ2n) is 4.94. The highest BCUT2D eigenvalue weighted by molar-refractivity contribution is 6.30. The van der Waals surface area contributed by atoms with E-state index >= 15 is 0 Å². The predicted octanol–water partition coefficient (Wildman–Crippen LogP) is 2.50. The molecule has 0 radical (unpaired) electrons. The van der Waals surface area contributed by atoms with Gasteiger partial charge in [0.25, 0.3) is 0 Å². The summed E-state index contributed by atoms with van der Waals surface area (Å²) in [6, 6.07) is 0. The van der Waals surface area contributed by atoms with E-state index < -0.39 is 0 Å². The average Bonchev–Trinajstić information content (AvgIpc) is 2.22. The number of rotatable bonds is 4. The minimum Gasteiger partial charge on any atom is -0.477 e. The van der Waals surface area contributed by atoms with E-state index in [1.54, 1.807) is 0 Å². The van der Waals surface area contributed by atoms with Gasteiger partial charge >= 0.3 is 0 Å². The van der Waals surface area contributed by atoms with Crippen molar-refractivity contribution < 1.29 is 9.84 Å². The largest absolute Gasteiger partial charge is 0.477 e. The molecule has 4 nitrogen and oxygen atoms in total. The smallest absolute Gasteiger partial charge is 0.221 e. The van der Waals surface area contributed by atoms with E-state index in [1.807, 2.05) is 27.7 Å². The number of halogens is 1. The van der Waals surface area contributed by atoms with Crippen molar-refractivity contribution in [3.63, 3.8) is 0 Å². The number of ether oxygens (including phenoxy) is 1. The van der Waals surface area contributed by atoms with Crippen LogP contribution in [-0.4, -0.2) is 28.3 Å². The van der Waals surface area contributed by atoms with Gasteiger partial charge in [-0.15, -0.1) is 0 Å². The molecule has 0 saturated carbocycles. The fourth-order valence-electron chi connectivity index (χ4n) is 1.18. The Balaban J connectivity index is 2.99. The molecule has 0 spiro atoms. The van der Waals surface area contributed by atoms with Gasteiger partial charge in [0.15, 0.2) is 0 Å². The number of aliphatic hydroxyl groups is 1. The molecule has 17 heavy (non-hydrogen) atoms. The lowest BCUT2D eigenvalue weighted by molar-refractivity contribution is 0.227. The van der Waals surface area contributed by atoms with Crippen molar-refractivity contribution in [1.29, 1.82) is 0 Å². The van der Waals surface area contributed by atoms with E-state index in [4.69, 9.17) is 21.4 Å². The normalized spacial score (nSPS) is 11.6. The van der Waals surface area contributed by atoms with Crippen LogP contribution in [-0.2, 0) is 5.41 Å². The topological polar surface area (TPSA) is 55.2 Å². The van der Waals surface area contributed by atoms with Gasteiger partial charge < -0.3 is 9.84 Å². The van der Waals surface area contributed by atoms with Crippen molar-refractivity contribution in [3.05, 3.63) is 16.5 Å². The molecule has 0 unspecified atom stereocenters. The molecule has 0 aliphatic carbocycles. The van der Waals surface area contributed by atoms with Crippen molar-refractivity contribution in [3.8, 4) is 5.88 Å². The zero-order valence-electron chi connectivity index (χ0n) is 10.7. The number of hydrogen-bond acceptors (Lipinski definition) is 4. The molecule has 0 saturated heterocycles. The summed E-state index contributed by atoms with van der Waals surface area (Å²) < 4.78 is 5.50. The zero-order chi connectivity index (χ0) is 13.1. The summed E-state index contributed by atoms with van der Waals surface area (Å²) in [5.74, 6) is 1.16. The van der Waals surface area contributed by atoms with Crippen LogP contribution >= 0.6 is 11.6 Å². The Morgan fingerprint density at radius 3 is 2.47 bits per heavy atom. The van der Waals surface area contributed by atoms with E-state index in [2.05, 4.69) is 9.97 Å². The Labute approximate surface area is 107 Å². The third-order valence-corrected chi connectivity index (χ3v) is 2.62. The lowest BCUT2D eigenvalue weighted by atomic mass is 9.96. The van der Waals surface area contributed by atoms with E-state index in [0.717, 1.165) is 5.56 Å². The van der Waals surface area contributed by atoms with Crippen LogP contribution in [0.1, 0.15) is 38.6 Å². The quantitative estimate of drug-likeness (QED) is 0.666. The van der Waals surface area contributed by atoms with Crippen LogP contribution in [0.2, 0.25) is 5.15 Å². The van der Waals surface area contributed by atoms with Gasteiger partial charge in [-0.1, -0.05) is 32.4 Å². The Bertz CT molecular complexity index is 389. The molecule has 1 aromatic heterocycles. The predicted molar refractivity (Wildman–Crippen MR) is 67.7 cm³/mol. The SMILES string of the molecule is Cc1c(Cl)nc(C(C)(C)C)nc1OCCCO. The molecule has 96 valence electrons. The second kappa shape index (κ2) is 5.65. The average molecular weight is 259 g/mol. The van der Waals surface area contributed by atoms with Crippen LogP contribution in [0.15, 0.2) is 0 Å². The minimum absolute atomic E-state index is 0.101. The van der Waals surface area contributed by atoms with E-state index in [9.17, 15) is 0 Å². The molecule has 1 aromatic rings. The second-order valence-corrected chi connectivity index (χ2v) is 5.30. The number of hydrogen-bond donors (Lipinski definition) is 1. The van der Waals surface area contributed by atoms with Gasteiger partial charge in [-0.05, 0) is 6.92 Å². The summed E-state index contributed by atoms with van der Waals surface area (Å²) in [5.41, 5.74) is 0.560. The lowest BCUT2D eigenvalue weighted by Crippen LogP contribution is -2.17.